The predicted octanol–water partition coefficient (Wildman–Crippen LogP) is 1.81. The maximum atomic E-state index is 12.4. The van der Waals surface area contributed by atoms with Crippen molar-refractivity contribution in [3.8, 4) is 5.69 Å². The minimum absolute atomic E-state index is 0.0934. The van der Waals surface area contributed by atoms with Gasteiger partial charge in [0, 0.05) is 50.7 Å². The van der Waals surface area contributed by atoms with Gasteiger partial charge in [0.1, 0.15) is 0 Å². The summed E-state index contributed by atoms with van der Waals surface area (Å²) in [4.78, 5) is 4.77. The molecule has 2 saturated heterocycles. The lowest BCUT2D eigenvalue weighted by atomic mass is 10.0. The molecule has 4 rings (SSSR count). The molecular weight excluding hydrogens is 360 g/mol. The molecule has 146 valence electrons. The first-order valence-corrected chi connectivity index (χ1v) is 11.5. The monoisotopic (exact) mass is 388 g/mol. The molecule has 27 heavy (non-hydrogen) atoms. The fraction of sp³-hybridized carbons (Fsp3) is 0.550. The van der Waals surface area contributed by atoms with E-state index < -0.39 is 9.84 Å². The first kappa shape index (κ1) is 18.7. The van der Waals surface area contributed by atoms with Crippen LogP contribution in [0, 0.1) is 5.92 Å². The van der Waals surface area contributed by atoms with E-state index >= 15 is 0 Å². The van der Waals surface area contributed by atoms with Gasteiger partial charge in [-0.05, 0) is 29.7 Å². The fourth-order valence-electron chi connectivity index (χ4n) is 4.44. The highest BCUT2D eigenvalue weighted by molar-refractivity contribution is 7.91. The van der Waals surface area contributed by atoms with E-state index in [1.165, 1.54) is 5.56 Å². The van der Waals surface area contributed by atoms with E-state index in [9.17, 15) is 8.42 Å². The van der Waals surface area contributed by atoms with Gasteiger partial charge in [0.25, 0.3) is 0 Å². The van der Waals surface area contributed by atoms with Gasteiger partial charge in [0.2, 0.25) is 0 Å². The Morgan fingerprint density at radius 2 is 1.85 bits per heavy atom. The van der Waals surface area contributed by atoms with Gasteiger partial charge in [0.05, 0.1) is 17.2 Å². The second-order valence-electron chi connectivity index (χ2n) is 8.19. The van der Waals surface area contributed by atoms with Crippen molar-refractivity contribution in [2.45, 2.75) is 32.5 Å². The van der Waals surface area contributed by atoms with Crippen molar-refractivity contribution in [2.75, 3.05) is 31.1 Å². The van der Waals surface area contributed by atoms with Crippen LogP contribution >= 0.6 is 0 Å². The van der Waals surface area contributed by atoms with Crippen LogP contribution in [0.2, 0.25) is 0 Å². The Kier molecular flexibility index (Phi) is 5.09. The van der Waals surface area contributed by atoms with Crippen molar-refractivity contribution in [3.63, 3.8) is 0 Å². The summed E-state index contributed by atoms with van der Waals surface area (Å²) in [5, 5.41) is 4.30. The third-order valence-corrected chi connectivity index (χ3v) is 7.27. The normalized spacial score (nSPS) is 25.7. The molecule has 2 aliphatic heterocycles. The molecule has 2 atom stereocenters. The summed E-state index contributed by atoms with van der Waals surface area (Å²) in [7, 11) is -2.96. The molecule has 2 fully saturated rings. The summed E-state index contributed by atoms with van der Waals surface area (Å²) in [5.74, 6) is 1.13. The first-order valence-electron chi connectivity index (χ1n) is 9.69. The molecule has 2 aromatic rings. The zero-order valence-corrected chi connectivity index (χ0v) is 16.8. The van der Waals surface area contributed by atoms with E-state index in [1.807, 2.05) is 29.1 Å². The fourth-order valence-corrected chi connectivity index (χ4v) is 6.48. The van der Waals surface area contributed by atoms with E-state index in [-0.39, 0.29) is 17.8 Å². The highest BCUT2D eigenvalue weighted by Crippen LogP contribution is 2.29. The number of hydrogen-bond acceptors (Lipinski definition) is 5. The van der Waals surface area contributed by atoms with Crippen molar-refractivity contribution in [3.05, 3.63) is 48.3 Å². The van der Waals surface area contributed by atoms with Crippen LogP contribution in [0.1, 0.15) is 19.4 Å². The van der Waals surface area contributed by atoms with Gasteiger partial charge in [-0.25, -0.2) is 13.1 Å². The van der Waals surface area contributed by atoms with Gasteiger partial charge in [-0.3, -0.25) is 9.80 Å². The largest absolute Gasteiger partial charge is 0.296 e. The molecule has 2 aliphatic rings. The zero-order valence-electron chi connectivity index (χ0n) is 16.0. The molecule has 0 radical (unpaired) electrons. The first-order chi connectivity index (χ1) is 12.9. The smallest absolute Gasteiger partial charge is 0.153 e. The number of piperazine rings is 1. The van der Waals surface area contributed by atoms with Gasteiger partial charge in [-0.1, -0.05) is 26.0 Å². The molecule has 0 unspecified atom stereocenters. The number of nitrogens with zero attached hydrogens (tertiary/aromatic N) is 4. The average molecular weight is 389 g/mol. The second kappa shape index (κ2) is 7.37. The number of benzene rings is 1. The molecule has 1 aromatic heterocycles. The minimum Gasteiger partial charge on any atom is -0.296 e. The highest BCUT2D eigenvalue weighted by Gasteiger charge is 2.46. The third-order valence-electron chi connectivity index (χ3n) is 5.57. The van der Waals surface area contributed by atoms with E-state index in [0.29, 0.717) is 11.7 Å². The van der Waals surface area contributed by atoms with Crippen LogP contribution in [-0.4, -0.2) is 71.2 Å². The van der Waals surface area contributed by atoms with Crippen molar-refractivity contribution in [2.24, 2.45) is 5.92 Å². The number of rotatable bonds is 5. The summed E-state index contributed by atoms with van der Waals surface area (Å²) in [5.41, 5.74) is 2.23. The molecule has 1 aromatic carbocycles. The third kappa shape index (κ3) is 4.10. The molecule has 3 heterocycles. The Labute approximate surface area is 161 Å². The average Bonchev–Trinajstić information content (AvgIpc) is 3.24. The van der Waals surface area contributed by atoms with Crippen molar-refractivity contribution < 1.29 is 8.42 Å². The Bertz CT molecular complexity index is 879. The Hall–Kier alpha value is -1.70. The van der Waals surface area contributed by atoms with E-state index in [1.54, 1.807) is 6.20 Å². The van der Waals surface area contributed by atoms with E-state index in [2.05, 4.69) is 40.9 Å². The van der Waals surface area contributed by atoms with Crippen LogP contribution < -0.4 is 0 Å². The van der Waals surface area contributed by atoms with Gasteiger partial charge >= 0.3 is 0 Å². The topological polar surface area (TPSA) is 58.4 Å². The number of fused-ring (bicyclic) bond motifs is 1. The van der Waals surface area contributed by atoms with Crippen LogP contribution in [0.4, 0.5) is 0 Å². The van der Waals surface area contributed by atoms with Crippen LogP contribution in [0.25, 0.3) is 5.69 Å². The van der Waals surface area contributed by atoms with Crippen molar-refractivity contribution in [1.29, 1.82) is 0 Å². The number of aromatic nitrogens is 2. The minimum atomic E-state index is -2.96. The summed E-state index contributed by atoms with van der Waals surface area (Å²) in [6.07, 6.45) is 3.71. The van der Waals surface area contributed by atoms with E-state index in [4.69, 9.17) is 0 Å². The summed E-state index contributed by atoms with van der Waals surface area (Å²) >= 11 is 0. The van der Waals surface area contributed by atoms with Crippen LogP contribution in [0.5, 0.6) is 0 Å². The Morgan fingerprint density at radius 1 is 1.11 bits per heavy atom. The Balaban J connectivity index is 1.54. The second-order valence-corrected chi connectivity index (χ2v) is 10.3. The molecule has 6 nitrogen and oxygen atoms in total. The Morgan fingerprint density at radius 3 is 2.56 bits per heavy atom. The summed E-state index contributed by atoms with van der Waals surface area (Å²) in [6, 6.07) is 10.5. The lowest BCUT2D eigenvalue weighted by Gasteiger charge is -2.44. The van der Waals surface area contributed by atoms with Crippen molar-refractivity contribution >= 4 is 9.84 Å². The maximum Gasteiger partial charge on any atom is 0.153 e. The maximum absolute atomic E-state index is 12.4. The van der Waals surface area contributed by atoms with Crippen LogP contribution in [0.3, 0.4) is 0 Å². The van der Waals surface area contributed by atoms with E-state index in [0.717, 1.165) is 31.9 Å². The molecule has 0 amide bonds. The molecule has 7 heteroatoms. The molecule has 0 bridgehead atoms. The molecule has 0 aliphatic carbocycles. The molecular formula is C20H28N4O2S. The standard InChI is InChI=1S/C20H28N4O2S/c1-16(2)12-22-9-10-23(20-15-27(25,26)14-19(20)22)13-17-5-3-6-18(11-17)24-8-4-7-21-24/h3-8,11,16,19-20H,9-10,12-15H2,1-2H3/t19-,20+/m0/s1. The lowest BCUT2D eigenvalue weighted by Crippen LogP contribution is -2.59. The quantitative estimate of drug-likeness (QED) is 0.782. The lowest BCUT2D eigenvalue weighted by molar-refractivity contribution is 0.0337. The molecule has 0 N–H and O–H groups in total. The zero-order chi connectivity index (χ0) is 19.0. The van der Waals surface area contributed by atoms with Crippen LogP contribution in [0.15, 0.2) is 42.7 Å². The highest BCUT2D eigenvalue weighted by atomic mass is 32.2. The molecule has 0 spiro atoms. The van der Waals surface area contributed by atoms with Gasteiger partial charge in [-0.15, -0.1) is 0 Å². The SMILES string of the molecule is CC(C)CN1CCN(Cc2cccc(-n3cccn3)c2)[C@@H]2CS(=O)(=O)C[C@@H]21. The predicted molar refractivity (Wildman–Crippen MR) is 107 cm³/mol. The summed E-state index contributed by atoms with van der Waals surface area (Å²) < 4.78 is 26.6. The number of hydrogen-bond donors (Lipinski definition) is 0. The summed E-state index contributed by atoms with van der Waals surface area (Å²) in [6.45, 7) is 8.00. The van der Waals surface area contributed by atoms with Crippen LogP contribution in [-0.2, 0) is 16.4 Å². The van der Waals surface area contributed by atoms with Gasteiger partial charge < -0.3 is 0 Å². The molecule has 0 saturated carbocycles. The van der Waals surface area contributed by atoms with Gasteiger partial charge in [-0.2, -0.15) is 5.10 Å². The number of sulfone groups is 1. The van der Waals surface area contributed by atoms with Crippen molar-refractivity contribution in [1.82, 2.24) is 19.6 Å². The van der Waals surface area contributed by atoms with Gasteiger partial charge in [0.15, 0.2) is 9.84 Å².